The summed E-state index contributed by atoms with van der Waals surface area (Å²) < 4.78 is 16.1. The van der Waals surface area contributed by atoms with Gasteiger partial charge >= 0.3 is 169 Å². The first-order valence-corrected chi connectivity index (χ1v) is 15.7. The van der Waals surface area contributed by atoms with Gasteiger partial charge in [-0.05, 0) is 27.7 Å². The van der Waals surface area contributed by atoms with Crippen molar-refractivity contribution in [3.63, 3.8) is 0 Å². The zero-order valence-electron chi connectivity index (χ0n) is 20.5. The van der Waals surface area contributed by atoms with Crippen LogP contribution in [0.1, 0.15) is 105 Å². The smallest absolute Gasteiger partial charge is 0.0348 e. The molecule has 31 heavy (non-hydrogen) atoms. The minimum Gasteiger partial charge on any atom is -0.0348 e. The maximum absolute atomic E-state index is 6.52. The van der Waals surface area contributed by atoms with E-state index in [2.05, 4.69) is 58.0 Å². The van der Waals surface area contributed by atoms with E-state index in [1.54, 1.807) is 3.61 Å². The van der Waals surface area contributed by atoms with Gasteiger partial charge in [0.05, 0.1) is 0 Å². The summed E-state index contributed by atoms with van der Waals surface area (Å²) in [4.78, 5) is 0. The normalized spacial score (nSPS) is 22.0. The van der Waals surface area contributed by atoms with Gasteiger partial charge in [0.2, 0.25) is 0 Å². The molecule has 0 radical (unpaired) electrons. The van der Waals surface area contributed by atoms with Crippen LogP contribution in [0.4, 0.5) is 0 Å². The van der Waals surface area contributed by atoms with Crippen LogP contribution < -0.4 is 3.61 Å². The van der Waals surface area contributed by atoms with Crippen LogP contribution in [-0.2, 0) is 9.31 Å². The summed E-state index contributed by atoms with van der Waals surface area (Å²) in [6.07, 6.45) is 16.6. The van der Waals surface area contributed by atoms with Crippen molar-refractivity contribution in [3.8, 4) is 0 Å². The van der Waals surface area contributed by atoms with Gasteiger partial charge in [-0.25, -0.2) is 0 Å². The van der Waals surface area contributed by atoms with Crippen molar-refractivity contribution in [2.24, 2.45) is 5.92 Å². The first-order chi connectivity index (χ1) is 14.9. The van der Waals surface area contributed by atoms with Gasteiger partial charge < -0.3 is 0 Å². The molecule has 1 unspecified atom stereocenters. The van der Waals surface area contributed by atoms with Gasteiger partial charge in [0.25, 0.3) is 0 Å². The molecule has 1 aliphatic carbocycles. The Morgan fingerprint density at radius 3 is 2.06 bits per heavy atom. The summed E-state index contributed by atoms with van der Waals surface area (Å²) in [6.45, 7) is 8.80. The van der Waals surface area contributed by atoms with Crippen LogP contribution in [0.25, 0.3) is 0 Å². The third-order valence-electron chi connectivity index (χ3n) is 7.82. The Kier molecular flexibility index (Phi) is 10.3. The van der Waals surface area contributed by atoms with E-state index in [-0.39, 0.29) is 39.2 Å². The second kappa shape index (κ2) is 12.5. The fourth-order valence-electron chi connectivity index (χ4n) is 5.12. The van der Waals surface area contributed by atoms with Crippen molar-refractivity contribution in [3.05, 3.63) is 30.3 Å². The van der Waals surface area contributed by atoms with E-state index >= 15 is 0 Å². The Balaban J connectivity index is 1.34. The summed E-state index contributed by atoms with van der Waals surface area (Å²) in [5, 5.41) is 0. The van der Waals surface area contributed by atoms with Gasteiger partial charge in [-0.1, -0.05) is 6.42 Å². The van der Waals surface area contributed by atoms with E-state index in [1.165, 1.54) is 81.5 Å². The van der Waals surface area contributed by atoms with Gasteiger partial charge in [0, 0.05) is 0 Å². The molecule has 2 fully saturated rings. The summed E-state index contributed by atoms with van der Waals surface area (Å²) in [5.41, 5.74) is -0.402. The van der Waals surface area contributed by atoms with E-state index in [0.29, 0.717) is 5.82 Å². The Labute approximate surface area is 202 Å². The quantitative estimate of drug-likeness (QED) is 0.206. The molecule has 1 saturated heterocycles. The molecular formula is C27H45BO2Te. The molecule has 3 rings (SSSR count). The number of benzene rings is 1. The Hall–Kier alpha value is -0.00545. The Bertz CT molecular complexity index is 611. The van der Waals surface area contributed by atoms with Crippen molar-refractivity contribution < 1.29 is 9.31 Å². The summed E-state index contributed by atoms with van der Waals surface area (Å²) in [5.74, 6) is 1.38. The zero-order valence-corrected chi connectivity index (χ0v) is 22.9. The first-order valence-electron chi connectivity index (χ1n) is 12.9. The minimum atomic E-state index is -0.201. The molecule has 2 aliphatic rings. The van der Waals surface area contributed by atoms with Crippen LogP contribution in [0.3, 0.4) is 0 Å². The molecule has 1 saturated carbocycles. The number of unbranched alkanes of at least 4 members (excludes halogenated alkanes) is 5. The van der Waals surface area contributed by atoms with E-state index in [1.807, 2.05) is 0 Å². The molecule has 0 amide bonds. The molecule has 2 nitrogen and oxygen atoms in total. The molecule has 1 aliphatic heterocycles. The Morgan fingerprint density at radius 2 is 1.42 bits per heavy atom. The van der Waals surface area contributed by atoms with Crippen LogP contribution in [-0.4, -0.2) is 39.2 Å². The molecule has 0 aromatic heterocycles. The zero-order chi connectivity index (χ0) is 22.2. The van der Waals surface area contributed by atoms with Crippen molar-refractivity contribution in [1.29, 1.82) is 0 Å². The minimum absolute atomic E-state index is 0.00396. The maximum atomic E-state index is 6.52. The molecule has 1 heterocycles. The molecule has 0 N–H and O–H groups in total. The SMILES string of the molecule is CC1(C)OB(C(CCCCCCCC[Te]c2ccccc2)C2CCCCC2)OC1(C)C. The van der Waals surface area contributed by atoms with Crippen molar-refractivity contribution in [2.45, 2.75) is 126 Å². The van der Waals surface area contributed by atoms with Crippen LogP contribution >= 0.6 is 0 Å². The van der Waals surface area contributed by atoms with Crippen molar-refractivity contribution >= 4 is 31.7 Å². The third kappa shape index (κ3) is 7.77. The van der Waals surface area contributed by atoms with E-state index in [0.717, 1.165) is 5.92 Å². The molecule has 0 spiro atoms. The van der Waals surface area contributed by atoms with Crippen molar-refractivity contribution in [2.75, 3.05) is 0 Å². The van der Waals surface area contributed by atoms with Crippen LogP contribution in [0.2, 0.25) is 10.3 Å². The topological polar surface area (TPSA) is 18.5 Å². The molecule has 1 aromatic rings. The number of rotatable bonds is 12. The van der Waals surface area contributed by atoms with Gasteiger partial charge in [-0.3, -0.25) is 0 Å². The van der Waals surface area contributed by atoms with E-state index < -0.39 is 0 Å². The first kappa shape index (κ1) is 25.6. The predicted octanol–water partition coefficient (Wildman–Crippen LogP) is 7.21. The second-order valence-corrected chi connectivity index (χ2v) is 14.1. The van der Waals surface area contributed by atoms with Crippen LogP contribution in [0.5, 0.6) is 0 Å². The average Bonchev–Trinajstić information content (AvgIpc) is 2.97. The molecule has 1 aromatic carbocycles. The molecule has 0 bridgehead atoms. The summed E-state index contributed by atoms with van der Waals surface area (Å²) in [7, 11) is -0.00396. The fourth-order valence-corrected chi connectivity index (χ4v) is 7.78. The van der Waals surface area contributed by atoms with E-state index in [9.17, 15) is 0 Å². The Morgan fingerprint density at radius 1 is 0.839 bits per heavy atom. The summed E-state index contributed by atoms with van der Waals surface area (Å²) >= 11 is 0.0483. The van der Waals surface area contributed by atoms with Crippen molar-refractivity contribution in [1.82, 2.24) is 0 Å². The van der Waals surface area contributed by atoms with Gasteiger partial charge in [-0.2, -0.15) is 0 Å². The molecule has 174 valence electrons. The monoisotopic (exact) mass is 542 g/mol. The number of hydrogen-bond donors (Lipinski definition) is 0. The van der Waals surface area contributed by atoms with Gasteiger partial charge in [0.15, 0.2) is 0 Å². The van der Waals surface area contributed by atoms with Crippen LogP contribution in [0.15, 0.2) is 30.3 Å². The van der Waals surface area contributed by atoms with Crippen LogP contribution in [0, 0.1) is 5.92 Å². The number of hydrogen-bond acceptors (Lipinski definition) is 2. The van der Waals surface area contributed by atoms with Gasteiger partial charge in [-0.15, -0.1) is 0 Å². The summed E-state index contributed by atoms with van der Waals surface area (Å²) in [6, 6.07) is 11.1. The predicted molar refractivity (Wildman–Crippen MR) is 135 cm³/mol. The fraction of sp³-hybridized carbons (Fsp3) is 0.778. The standard InChI is InChI=1S/C27H45BO2Te/c1-26(2)27(3,4)30-28(29-26)25(23-17-11-9-12-18-23)21-15-7-5-6-8-16-22-31-24-19-13-10-14-20-24/h10,13-14,19-20,23,25H,5-9,11-12,15-18,21-22H2,1-4H3. The second-order valence-electron chi connectivity index (χ2n) is 10.8. The molecule has 1 atom stereocenters. The third-order valence-corrected chi connectivity index (χ3v) is 11.0. The molecule has 4 heteroatoms. The van der Waals surface area contributed by atoms with E-state index in [4.69, 9.17) is 9.31 Å². The van der Waals surface area contributed by atoms with Gasteiger partial charge in [0.1, 0.15) is 0 Å². The average molecular weight is 540 g/mol. The molecular weight excluding hydrogens is 495 g/mol.